The first-order valence-corrected chi connectivity index (χ1v) is 22.3. The van der Waals surface area contributed by atoms with Crippen molar-refractivity contribution in [2.45, 2.75) is 167 Å². The number of nitrogens with one attached hydrogen (secondary N) is 1. The minimum Gasteiger partial charge on any atom is -0.391 e. The number of hydrogen-bond acceptors (Lipinski definition) is 6. The number of carbonyl (C=O) groups excluding carboxylic acids is 1. The fourth-order valence-corrected chi connectivity index (χ4v) is 6.25. The molecule has 0 bridgehead atoms. The summed E-state index contributed by atoms with van der Waals surface area (Å²) in [6.45, 7) is 4.57. The lowest BCUT2D eigenvalue weighted by Crippen LogP contribution is -2.46. The molecule has 0 aliphatic heterocycles. The highest BCUT2D eigenvalue weighted by Gasteiger charge is 2.28. The summed E-state index contributed by atoms with van der Waals surface area (Å²) in [5.74, 6) is -0.220. The Morgan fingerprint density at radius 1 is 0.736 bits per heavy atom. The van der Waals surface area contributed by atoms with Crippen molar-refractivity contribution in [3.63, 3.8) is 0 Å². The number of nitrogens with zero attached hydrogens (tertiary/aromatic N) is 1. The van der Waals surface area contributed by atoms with Crippen molar-refractivity contribution < 1.29 is 38.0 Å². The minimum absolute atomic E-state index is 0.0534. The molecule has 4 atom stereocenters. The number of aliphatic hydroxyl groups excluding tert-OH is 2. The molecular formula is C43H80N2O7P+. The first-order valence-electron chi connectivity index (χ1n) is 20.8. The Kier molecular flexibility index (Phi) is 33.4. The molecule has 0 heterocycles. The van der Waals surface area contributed by atoms with E-state index < -0.39 is 26.1 Å². The Hall–Kier alpha value is -1.84. The molecule has 53 heavy (non-hydrogen) atoms. The highest BCUT2D eigenvalue weighted by atomic mass is 31.2. The van der Waals surface area contributed by atoms with E-state index in [1.165, 1.54) is 64.2 Å². The zero-order valence-electron chi connectivity index (χ0n) is 34.3. The third kappa shape index (κ3) is 36.9. The van der Waals surface area contributed by atoms with Gasteiger partial charge < -0.3 is 24.9 Å². The third-order valence-electron chi connectivity index (χ3n) is 8.86. The van der Waals surface area contributed by atoms with Gasteiger partial charge in [0.25, 0.3) is 0 Å². The number of allylic oxidation sites excluding steroid dienone is 8. The predicted molar refractivity (Wildman–Crippen MR) is 223 cm³/mol. The van der Waals surface area contributed by atoms with E-state index in [-0.39, 0.29) is 25.5 Å². The first-order chi connectivity index (χ1) is 25.4. The average Bonchev–Trinajstić information content (AvgIpc) is 3.10. The lowest BCUT2D eigenvalue weighted by molar-refractivity contribution is -0.870. The van der Waals surface area contributed by atoms with E-state index in [0.717, 1.165) is 44.9 Å². The fourth-order valence-electron chi connectivity index (χ4n) is 5.51. The zero-order chi connectivity index (χ0) is 39.5. The molecule has 0 aromatic rings. The second-order valence-corrected chi connectivity index (χ2v) is 16.6. The van der Waals surface area contributed by atoms with Gasteiger partial charge in [0, 0.05) is 6.42 Å². The quantitative estimate of drug-likeness (QED) is 0.0164. The second-order valence-electron chi connectivity index (χ2n) is 15.2. The van der Waals surface area contributed by atoms with E-state index in [1.807, 2.05) is 58.4 Å². The molecule has 10 heteroatoms. The molecule has 4 N–H and O–H groups in total. The number of quaternary nitrogens is 1. The summed E-state index contributed by atoms with van der Waals surface area (Å²) in [5.41, 5.74) is 0. The lowest BCUT2D eigenvalue weighted by Gasteiger charge is -2.26. The SMILES string of the molecule is CC/C=C\C(O)C/C=C/C=C\C/C=C\C/C=C\CCCC(=O)N[C@@H](COP(=O)(O)OCC[N+](C)(C)C)[C@H](O)CCCCCCCCCCCCCCC. The fraction of sp³-hybridized carbons (Fsp3) is 0.744. The van der Waals surface area contributed by atoms with Crippen molar-refractivity contribution in [2.24, 2.45) is 0 Å². The standard InChI is InChI=1S/C43H79N2O7P/c1-6-8-10-11-12-13-14-15-19-22-25-28-31-35-42(47)41(39-52-53(49,50)51-38-37-45(3,4)5)44-43(48)36-32-29-26-23-20-17-16-18-21-24-27-30-34-40(46)33-9-7-2/h9,16-17,21,23-24,26-27,30,33,40-42,46-47H,6-8,10-15,18-20,22,25,28-29,31-32,34-39H2,1-5H3,(H-,44,48,49,50)/p+1/b17-16-,24-21-,26-23-,30-27+,33-9-/t40?,41-,42+/m0/s1. The number of hydrogen-bond donors (Lipinski definition) is 4. The van der Waals surface area contributed by atoms with E-state index in [0.29, 0.717) is 30.3 Å². The summed E-state index contributed by atoms with van der Waals surface area (Å²) in [5, 5.41) is 23.6. The molecule has 9 nitrogen and oxygen atoms in total. The summed E-state index contributed by atoms with van der Waals surface area (Å²) in [6, 6.07) is -0.804. The van der Waals surface area contributed by atoms with Crippen LogP contribution in [0.15, 0.2) is 60.8 Å². The number of amides is 1. The van der Waals surface area contributed by atoms with Gasteiger partial charge >= 0.3 is 7.82 Å². The number of likely N-dealkylation sites (N-methyl/N-ethyl adjacent to an activating group) is 1. The van der Waals surface area contributed by atoms with Crippen LogP contribution >= 0.6 is 7.82 Å². The summed E-state index contributed by atoms with van der Waals surface area (Å²) in [6.07, 6.45) is 40.2. The lowest BCUT2D eigenvalue weighted by atomic mass is 10.0. The summed E-state index contributed by atoms with van der Waals surface area (Å²) in [7, 11) is 1.54. The van der Waals surface area contributed by atoms with Gasteiger partial charge in [0.1, 0.15) is 13.2 Å². The van der Waals surface area contributed by atoms with Crippen molar-refractivity contribution in [3.8, 4) is 0 Å². The average molecular weight is 768 g/mol. The normalized spacial score (nSPS) is 15.7. The number of carbonyl (C=O) groups is 1. The highest BCUT2D eigenvalue weighted by molar-refractivity contribution is 7.47. The molecule has 308 valence electrons. The molecule has 0 aromatic carbocycles. The summed E-state index contributed by atoms with van der Waals surface area (Å²) in [4.78, 5) is 23.1. The van der Waals surface area contributed by atoms with E-state index in [2.05, 4.69) is 42.6 Å². The van der Waals surface area contributed by atoms with Crippen LogP contribution < -0.4 is 5.32 Å². The second kappa shape index (κ2) is 34.6. The van der Waals surface area contributed by atoms with Crippen LogP contribution in [0.5, 0.6) is 0 Å². The van der Waals surface area contributed by atoms with Crippen LogP contribution in [0.2, 0.25) is 0 Å². The molecular weight excluding hydrogens is 687 g/mol. The van der Waals surface area contributed by atoms with Crippen LogP contribution in [0.3, 0.4) is 0 Å². The maximum atomic E-state index is 12.8. The van der Waals surface area contributed by atoms with Crippen LogP contribution in [0.4, 0.5) is 0 Å². The van der Waals surface area contributed by atoms with Gasteiger partial charge in [-0.05, 0) is 44.9 Å². The molecule has 0 saturated heterocycles. The largest absolute Gasteiger partial charge is 0.472 e. The Morgan fingerprint density at radius 2 is 1.30 bits per heavy atom. The smallest absolute Gasteiger partial charge is 0.391 e. The number of phosphoric ester groups is 1. The molecule has 0 radical (unpaired) electrons. The van der Waals surface area contributed by atoms with Crippen molar-refractivity contribution >= 4 is 13.7 Å². The Labute approximate surface area is 324 Å². The van der Waals surface area contributed by atoms with Crippen molar-refractivity contribution in [3.05, 3.63) is 60.8 Å². The Balaban J connectivity index is 4.57. The first kappa shape index (κ1) is 51.2. The van der Waals surface area contributed by atoms with Gasteiger partial charge in [0.2, 0.25) is 5.91 Å². The monoisotopic (exact) mass is 768 g/mol. The van der Waals surface area contributed by atoms with Gasteiger partial charge in [-0.3, -0.25) is 13.8 Å². The van der Waals surface area contributed by atoms with Crippen LogP contribution in [0.25, 0.3) is 0 Å². The molecule has 0 aliphatic rings. The van der Waals surface area contributed by atoms with Gasteiger partial charge in [0.05, 0.1) is 46.0 Å². The van der Waals surface area contributed by atoms with E-state index >= 15 is 0 Å². The van der Waals surface area contributed by atoms with Gasteiger partial charge in [-0.1, -0.05) is 158 Å². The molecule has 0 fully saturated rings. The van der Waals surface area contributed by atoms with Gasteiger partial charge in [0.15, 0.2) is 0 Å². The number of phosphoric acid groups is 1. The summed E-state index contributed by atoms with van der Waals surface area (Å²) < 4.78 is 23.5. The Bertz CT molecular complexity index is 1070. The van der Waals surface area contributed by atoms with Crippen LogP contribution in [0, 0.1) is 0 Å². The highest BCUT2D eigenvalue weighted by Crippen LogP contribution is 2.43. The maximum absolute atomic E-state index is 12.8. The number of aliphatic hydroxyl groups is 2. The van der Waals surface area contributed by atoms with Gasteiger partial charge in [-0.2, -0.15) is 0 Å². The van der Waals surface area contributed by atoms with Crippen molar-refractivity contribution in [1.82, 2.24) is 5.32 Å². The van der Waals surface area contributed by atoms with Gasteiger partial charge in [-0.15, -0.1) is 0 Å². The van der Waals surface area contributed by atoms with Crippen LogP contribution in [-0.2, 0) is 18.4 Å². The molecule has 2 unspecified atom stereocenters. The molecule has 0 aromatic heterocycles. The number of rotatable bonds is 36. The predicted octanol–water partition coefficient (Wildman–Crippen LogP) is 10.0. The molecule has 1 amide bonds. The van der Waals surface area contributed by atoms with Crippen LogP contribution in [-0.4, -0.2) is 84.6 Å². The van der Waals surface area contributed by atoms with E-state index in [4.69, 9.17) is 9.05 Å². The minimum atomic E-state index is -4.34. The topological polar surface area (TPSA) is 125 Å². The number of unbranched alkanes of at least 4 members (excludes halogenated alkanes) is 13. The van der Waals surface area contributed by atoms with Gasteiger partial charge in [-0.25, -0.2) is 4.57 Å². The maximum Gasteiger partial charge on any atom is 0.472 e. The molecule has 0 spiro atoms. The molecule has 0 aliphatic carbocycles. The van der Waals surface area contributed by atoms with E-state index in [9.17, 15) is 24.5 Å². The Morgan fingerprint density at radius 3 is 1.91 bits per heavy atom. The molecule has 0 rings (SSSR count). The zero-order valence-corrected chi connectivity index (χ0v) is 35.2. The van der Waals surface area contributed by atoms with Crippen molar-refractivity contribution in [1.29, 1.82) is 0 Å². The molecule has 0 saturated carbocycles. The third-order valence-corrected chi connectivity index (χ3v) is 9.84. The van der Waals surface area contributed by atoms with Crippen molar-refractivity contribution in [2.75, 3.05) is 40.9 Å². The van der Waals surface area contributed by atoms with E-state index in [1.54, 1.807) is 0 Å². The van der Waals surface area contributed by atoms with Crippen LogP contribution in [0.1, 0.15) is 149 Å². The summed E-state index contributed by atoms with van der Waals surface area (Å²) >= 11 is 0.